The summed E-state index contributed by atoms with van der Waals surface area (Å²) >= 11 is 0. The highest BCUT2D eigenvalue weighted by atomic mass is 16.5. The Morgan fingerprint density at radius 2 is 2.14 bits per heavy atom. The molecule has 0 bridgehead atoms. The number of hydrogen-bond donors (Lipinski definition) is 1. The van der Waals surface area contributed by atoms with Crippen LogP contribution in [0.15, 0.2) is 0 Å². The van der Waals surface area contributed by atoms with Crippen LogP contribution in [-0.4, -0.2) is 48.8 Å². The highest BCUT2D eigenvalue weighted by Gasteiger charge is 2.17. The van der Waals surface area contributed by atoms with Crippen molar-refractivity contribution in [1.82, 2.24) is 4.90 Å². The lowest BCUT2D eigenvalue weighted by Gasteiger charge is -2.27. The molecule has 0 radical (unpaired) electrons. The van der Waals surface area contributed by atoms with Gasteiger partial charge in [0.05, 0.1) is 19.1 Å². The van der Waals surface area contributed by atoms with Crippen LogP contribution in [0.1, 0.15) is 19.8 Å². The lowest BCUT2D eigenvalue weighted by molar-refractivity contribution is -0.142. The van der Waals surface area contributed by atoms with Crippen molar-refractivity contribution in [3.8, 4) is 0 Å². The molecule has 1 saturated heterocycles. The topological polar surface area (TPSA) is 49.8 Å². The van der Waals surface area contributed by atoms with E-state index >= 15 is 0 Å². The SMILES string of the molecule is CCC(CCN1CCOCC1)C(=O)O. The van der Waals surface area contributed by atoms with Crippen molar-refractivity contribution in [2.75, 3.05) is 32.8 Å². The second-order valence-electron chi connectivity index (χ2n) is 3.69. The summed E-state index contributed by atoms with van der Waals surface area (Å²) in [6.07, 6.45) is 1.48. The van der Waals surface area contributed by atoms with Crippen LogP contribution in [0.2, 0.25) is 0 Å². The molecular formula is C10H19NO3. The molecule has 1 rings (SSSR count). The number of aliphatic carboxylic acids is 1. The Balaban J connectivity index is 2.20. The van der Waals surface area contributed by atoms with Crippen molar-refractivity contribution in [2.45, 2.75) is 19.8 Å². The Bertz CT molecular complexity index is 178. The van der Waals surface area contributed by atoms with Crippen molar-refractivity contribution in [3.05, 3.63) is 0 Å². The number of ether oxygens (including phenoxy) is 1. The van der Waals surface area contributed by atoms with Gasteiger partial charge >= 0.3 is 5.97 Å². The number of carbonyl (C=O) groups is 1. The largest absolute Gasteiger partial charge is 0.481 e. The molecule has 4 nitrogen and oxygen atoms in total. The van der Waals surface area contributed by atoms with E-state index in [0.717, 1.165) is 45.7 Å². The number of hydrogen-bond acceptors (Lipinski definition) is 3. The van der Waals surface area contributed by atoms with Gasteiger partial charge in [0.25, 0.3) is 0 Å². The first-order chi connectivity index (χ1) is 6.74. The van der Waals surface area contributed by atoms with E-state index in [1.165, 1.54) is 0 Å². The molecule has 0 saturated carbocycles. The van der Waals surface area contributed by atoms with Gasteiger partial charge in [0.2, 0.25) is 0 Å². The second kappa shape index (κ2) is 5.98. The zero-order valence-corrected chi connectivity index (χ0v) is 8.74. The third-order valence-electron chi connectivity index (χ3n) is 2.74. The van der Waals surface area contributed by atoms with Crippen LogP contribution in [0.5, 0.6) is 0 Å². The van der Waals surface area contributed by atoms with Crippen LogP contribution in [0.25, 0.3) is 0 Å². The van der Waals surface area contributed by atoms with Crippen LogP contribution in [0.3, 0.4) is 0 Å². The Labute approximate surface area is 84.8 Å². The predicted octanol–water partition coefficient (Wildman–Crippen LogP) is 0.820. The maximum Gasteiger partial charge on any atom is 0.306 e. The number of nitrogens with zero attached hydrogens (tertiary/aromatic N) is 1. The standard InChI is InChI=1S/C10H19NO3/c1-2-9(10(12)13)3-4-11-5-7-14-8-6-11/h9H,2-8H2,1H3,(H,12,13). The summed E-state index contributed by atoms with van der Waals surface area (Å²) in [4.78, 5) is 13.0. The first-order valence-electron chi connectivity index (χ1n) is 5.27. The molecule has 0 aromatic rings. The quantitative estimate of drug-likeness (QED) is 0.715. The molecule has 1 N–H and O–H groups in total. The van der Waals surface area contributed by atoms with E-state index < -0.39 is 5.97 Å². The van der Waals surface area contributed by atoms with E-state index in [2.05, 4.69) is 4.90 Å². The lowest BCUT2D eigenvalue weighted by Crippen LogP contribution is -2.37. The minimum atomic E-state index is -0.666. The van der Waals surface area contributed by atoms with E-state index in [0.29, 0.717) is 0 Å². The molecule has 1 atom stereocenters. The summed E-state index contributed by atoms with van der Waals surface area (Å²) in [6.45, 7) is 6.26. The Morgan fingerprint density at radius 1 is 1.50 bits per heavy atom. The minimum Gasteiger partial charge on any atom is -0.481 e. The maximum absolute atomic E-state index is 10.8. The summed E-state index contributed by atoms with van der Waals surface area (Å²) in [5.41, 5.74) is 0. The molecule has 4 heteroatoms. The van der Waals surface area contributed by atoms with Crippen molar-refractivity contribution < 1.29 is 14.6 Å². The molecule has 82 valence electrons. The van der Waals surface area contributed by atoms with Crippen LogP contribution in [0.4, 0.5) is 0 Å². The van der Waals surface area contributed by atoms with Gasteiger partial charge < -0.3 is 9.84 Å². The molecule has 0 amide bonds. The summed E-state index contributed by atoms with van der Waals surface area (Å²) in [7, 11) is 0. The number of morpholine rings is 1. The van der Waals surface area contributed by atoms with Gasteiger partial charge in [-0.05, 0) is 19.4 Å². The molecule has 1 aliphatic heterocycles. The first kappa shape index (κ1) is 11.5. The van der Waals surface area contributed by atoms with Gasteiger partial charge in [-0.3, -0.25) is 9.69 Å². The number of rotatable bonds is 5. The van der Waals surface area contributed by atoms with E-state index in [1.807, 2.05) is 6.92 Å². The smallest absolute Gasteiger partial charge is 0.306 e. The lowest BCUT2D eigenvalue weighted by atomic mass is 10.0. The van der Waals surface area contributed by atoms with Crippen molar-refractivity contribution >= 4 is 5.97 Å². The summed E-state index contributed by atoms with van der Waals surface area (Å²) < 4.78 is 5.22. The van der Waals surface area contributed by atoms with E-state index in [9.17, 15) is 4.79 Å². The van der Waals surface area contributed by atoms with Crippen LogP contribution < -0.4 is 0 Å². The Hall–Kier alpha value is -0.610. The van der Waals surface area contributed by atoms with Crippen LogP contribution >= 0.6 is 0 Å². The summed E-state index contributed by atoms with van der Waals surface area (Å²) in [5, 5.41) is 8.86. The molecule has 1 heterocycles. The van der Waals surface area contributed by atoms with Gasteiger partial charge in [-0.15, -0.1) is 0 Å². The Kier molecular flexibility index (Phi) is 4.90. The van der Waals surface area contributed by atoms with Gasteiger partial charge in [-0.2, -0.15) is 0 Å². The fourth-order valence-corrected chi connectivity index (χ4v) is 1.67. The fraction of sp³-hybridized carbons (Fsp3) is 0.900. The monoisotopic (exact) mass is 201 g/mol. The molecule has 0 aromatic heterocycles. The normalized spacial score (nSPS) is 20.6. The maximum atomic E-state index is 10.8. The third kappa shape index (κ3) is 3.64. The Morgan fingerprint density at radius 3 is 2.64 bits per heavy atom. The van der Waals surface area contributed by atoms with Gasteiger partial charge in [-0.25, -0.2) is 0 Å². The number of carboxylic acids is 1. The zero-order chi connectivity index (χ0) is 10.4. The summed E-state index contributed by atoms with van der Waals surface area (Å²) in [5.74, 6) is -0.849. The van der Waals surface area contributed by atoms with Gasteiger partial charge in [-0.1, -0.05) is 6.92 Å². The van der Waals surface area contributed by atoms with Crippen LogP contribution in [-0.2, 0) is 9.53 Å². The molecule has 1 fully saturated rings. The molecule has 1 aliphatic rings. The van der Waals surface area contributed by atoms with E-state index in [-0.39, 0.29) is 5.92 Å². The molecule has 0 aromatic carbocycles. The van der Waals surface area contributed by atoms with Crippen molar-refractivity contribution in [2.24, 2.45) is 5.92 Å². The first-order valence-corrected chi connectivity index (χ1v) is 5.27. The van der Waals surface area contributed by atoms with E-state index in [1.54, 1.807) is 0 Å². The second-order valence-corrected chi connectivity index (χ2v) is 3.69. The van der Waals surface area contributed by atoms with Gasteiger partial charge in [0, 0.05) is 13.1 Å². The van der Waals surface area contributed by atoms with Crippen LogP contribution in [0, 0.1) is 5.92 Å². The minimum absolute atomic E-state index is 0.183. The summed E-state index contributed by atoms with van der Waals surface area (Å²) in [6, 6.07) is 0. The molecule has 0 spiro atoms. The molecule has 14 heavy (non-hydrogen) atoms. The molecular weight excluding hydrogens is 182 g/mol. The molecule has 1 unspecified atom stereocenters. The van der Waals surface area contributed by atoms with Gasteiger partial charge in [0.1, 0.15) is 0 Å². The fourth-order valence-electron chi connectivity index (χ4n) is 1.67. The van der Waals surface area contributed by atoms with Crippen molar-refractivity contribution in [3.63, 3.8) is 0 Å². The average molecular weight is 201 g/mol. The third-order valence-corrected chi connectivity index (χ3v) is 2.74. The predicted molar refractivity (Wildman–Crippen MR) is 53.3 cm³/mol. The van der Waals surface area contributed by atoms with E-state index in [4.69, 9.17) is 9.84 Å². The van der Waals surface area contributed by atoms with Gasteiger partial charge in [0.15, 0.2) is 0 Å². The average Bonchev–Trinajstić information content (AvgIpc) is 2.20. The highest BCUT2D eigenvalue weighted by Crippen LogP contribution is 2.10. The number of carboxylic acid groups (broad SMARTS) is 1. The van der Waals surface area contributed by atoms with Crippen molar-refractivity contribution in [1.29, 1.82) is 0 Å². The zero-order valence-electron chi connectivity index (χ0n) is 8.74. The highest BCUT2D eigenvalue weighted by molar-refractivity contribution is 5.69. The molecule has 0 aliphatic carbocycles.